The molecular formula is C27H30FN3O6S. The molecule has 0 radical (unpaired) electrons. The lowest BCUT2D eigenvalue weighted by molar-refractivity contribution is -0.139. The van der Waals surface area contributed by atoms with Crippen molar-refractivity contribution in [1.82, 2.24) is 10.2 Å². The van der Waals surface area contributed by atoms with Crippen LogP contribution in [-0.4, -0.2) is 59.0 Å². The first-order chi connectivity index (χ1) is 18.1. The topological polar surface area (TPSA) is 105 Å². The quantitative estimate of drug-likeness (QED) is 0.398. The standard InChI is InChI=1S/C27H30FN3O6S/c1-19(27(33)29-2)30(17-20-9-11-21(28)12-10-20)26(32)18-31(24-7-5-6-8-25(24)37-4)38(34,35)23-15-13-22(36-3)14-16-23/h5-16,19H,17-18H2,1-4H3,(H,29,33). The first kappa shape index (κ1) is 28.5. The van der Waals surface area contributed by atoms with Crippen LogP contribution in [0.2, 0.25) is 0 Å². The Balaban J connectivity index is 2.06. The van der Waals surface area contributed by atoms with E-state index in [1.165, 1.54) is 87.7 Å². The van der Waals surface area contributed by atoms with Gasteiger partial charge in [0.1, 0.15) is 29.9 Å². The number of ether oxygens (including phenoxy) is 2. The summed E-state index contributed by atoms with van der Waals surface area (Å²) in [5, 5.41) is 2.51. The smallest absolute Gasteiger partial charge is 0.264 e. The third kappa shape index (κ3) is 6.41. The maximum absolute atomic E-state index is 13.9. The summed E-state index contributed by atoms with van der Waals surface area (Å²) in [6.45, 7) is 0.860. The molecule has 0 aliphatic carbocycles. The highest BCUT2D eigenvalue weighted by Crippen LogP contribution is 2.33. The highest BCUT2D eigenvalue weighted by Gasteiger charge is 2.33. The Morgan fingerprint density at radius 1 is 0.947 bits per heavy atom. The van der Waals surface area contributed by atoms with Gasteiger partial charge in [0, 0.05) is 13.6 Å². The molecule has 1 N–H and O–H groups in total. The summed E-state index contributed by atoms with van der Waals surface area (Å²) >= 11 is 0. The second-order valence-electron chi connectivity index (χ2n) is 8.30. The molecule has 3 rings (SSSR count). The van der Waals surface area contributed by atoms with Gasteiger partial charge in [-0.1, -0.05) is 24.3 Å². The summed E-state index contributed by atoms with van der Waals surface area (Å²) in [5.41, 5.74) is 0.714. The van der Waals surface area contributed by atoms with Gasteiger partial charge in [-0.25, -0.2) is 12.8 Å². The van der Waals surface area contributed by atoms with Gasteiger partial charge in [0.05, 0.1) is 24.8 Å². The van der Waals surface area contributed by atoms with Gasteiger partial charge in [-0.3, -0.25) is 13.9 Å². The molecule has 11 heteroatoms. The lowest BCUT2D eigenvalue weighted by atomic mass is 10.1. The molecule has 0 heterocycles. The fourth-order valence-corrected chi connectivity index (χ4v) is 5.23. The van der Waals surface area contributed by atoms with E-state index in [1.54, 1.807) is 18.2 Å². The van der Waals surface area contributed by atoms with Crippen molar-refractivity contribution in [2.45, 2.75) is 24.4 Å². The highest BCUT2D eigenvalue weighted by atomic mass is 32.2. The predicted octanol–water partition coefficient (Wildman–Crippen LogP) is 3.20. The van der Waals surface area contributed by atoms with Gasteiger partial charge in [-0.15, -0.1) is 0 Å². The third-order valence-electron chi connectivity index (χ3n) is 5.96. The molecule has 0 saturated carbocycles. The number of likely N-dealkylation sites (N-methyl/N-ethyl adjacent to an activating group) is 1. The van der Waals surface area contributed by atoms with Gasteiger partial charge in [0.15, 0.2) is 0 Å². The second kappa shape index (κ2) is 12.4. The van der Waals surface area contributed by atoms with Crippen molar-refractivity contribution in [2.24, 2.45) is 0 Å². The molecule has 0 bridgehead atoms. The summed E-state index contributed by atoms with van der Waals surface area (Å²) in [6.07, 6.45) is 0. The summed E-state index contributed by atoms with van der Waals surface area (Å²) < 4.78 is 52.6. The lowest BCUT2D eigenvalue weighted by Crippen LogP contribution is -2.50. The number of carbonyl (C=O) groups excluding carboxylic acids is 2. The number of sulfonamides is 1. The highest BCUT2D eigenvalue weighted by molar-refractivity contribution is 7.92. The van der Waals surface area contributed by atoms with E-state index >= 15 is 0 Å². The van der Waals surface area contributed by atoms with Gasteiger partial charge in [0.25, 0.3) is 10.0 Å². The van der Waals surface area contributed by atoms with Gasteiger partial charge in [-0.05, 0) is 61.0 Å². The zero-order valence-corrected chi connectivity index (χ0v) is 22.4. The van der Waals surface area contributed by atoms with Crippen LogP contribution in [-0.2, 0) is 26.2 Å². The van der Waals surface area contributed by atoms with E-state index < -0.39 is 40.2 Å². The van der Waals surface area contributed by atoms with E-state index in [9.17, 15) is 22.4 Å². The maximum atomic E-state index is 13.9. The SMILES string of the molecule is CNC(=O)C(C)N(Cc1ccc(F)cc1)C(=O)CN(c1ccccc1OC)S(=O)(=O)c1ccc(OC)cc1. The van der Waals surface area contributed by atoms with E-state index in [0.29, 0.717) is 11.3 Å². The Labute approximate surface area is 221 Å². The van der Waals surface area contributed by atoms with Gasteiger partial charge < -0.3 is 19.7 Å². The molecule has 3 aromatic carbocycles. The normalized spacial score (nSPS) is 11.8. The summed E-state index contributed by atoms with van der Waals surface area (Å²) in [6, 6.07) is 16.7. The number of nitrogens with one attached hydrogen (secondary N) is 1. The van der Waals surface area contributed by atoms with E-state index in [-0.39, 0.29) is 22.9 Å². The molecule has 0 saturated heterocycles. The number of carbonyl (C=O) groups is 2. The van der Waals surface area contributed by atoms with E-state index in [0.717, 1.165) is 4.31 Å². The number of rotatable bonds is 11. The Hall–Kier alpha value is -4.12. The Morgan fingerprint density at radius 2 is 1.58 bits per heavy atom. The van der Waals surface area contributed by atoms with Crippen LogP contribution in [0.1, 0.15) is 12.5 Å². The number of anilines is 1. The first-order valence-corrected chi connectivity index (χ1v) is 13.1. The van der Waals surface area contributed by atoms with Gasteiger partial charge in [-0.2, -0.15) is 0 Å². The molecule has 9 nitrogen and oxygen atoms in total. The van der Waals surface area contributed by atoms with Crippen molar-refractivity contribution in [1.29, 1.82) is 0 Å². The largest absolute Gasteiger partial charge is 0.497 e. The van der Waals surface area contributed by atoms with Crippen LogP contribution in [0.15, 0.2) is 77.7 Å². The molecule has 1 unspecified atom stereocenters. The predicted molar refractivity (Wildman–Crippen MR) is 141 cm³/mol. The van der Waals surface area contributed by atoms with Crippen LogP contribution >= 0.6 is 0 Å². The Bertz CT molecular complexity index is 1360. The van der Waals surface area contributed by atoms with Crippen molar-refractivity contribution >= 4 is 27.5 Å². The number of hydrogen-bond donors (Lipinski definition) is 1. The molecule has 0 aliphatic heterocycles. The van der Waals surface area contributed by atoms with Crippen LogP contribution in [0.3, 0.4) is 0 Å². The summed E-state index contributed by atoms with van der Waals surface area (Å²) in [4.78, 5) is 27.4. The minimum absolute atomic E-state index is 0.0456. The second-order valence-corrected chi connectivity index (χ2v) is 10.2. The molecule has 0 fully saturated rings. The molecule has 0 aliphatic rings. The molecule has 0 aromatic heterocycles. The minimum Gasteiger partial charge on any atom is -0.497 e. The number of amides is 2. The van der Waals surface area contributed by atoms with Crippen molar-refractivity contribution in [2.75, 3.05) is 32.1 Å². The zero-order valence-electron chi connectivity index (χ0n) is 21.5. The Kier molecular flexibility index (Phi) is 9.30. The average Bonchev–Trinajstić information content (AvgIpc) is 2.94. The molecule has 2 amide bonds. The monoisotopic (exact) mass is 543 g/mol. The van der Waals surface area contributed by atoms with Gasteiger partial charge >= 0.3 is 0 Å². The maximum Gasteiger partial charge on any atom is 0.264 e. The Morgan fingerprint density at radius 3 is 2.16 bits per heavy atom. The molecule has 202 valence electrons. The number of nitrogens with zero attached hydrogens (tertiary/aromatic N) is 2. The summed E-state index contributed by atoms with van der Waals surface area (Å²) in [7, 11) is 0.0301. The third-order valence-corrected chi connectivity index (χ3v) is 7.73. The molecular weight excluding hydrogens is 513 g/mol. The van der Waals surface area contributed by atoms with Crippen molar-refractivity contribution < 1.29 is 31.9 Å². The fraction of sp³-hybridized carbons (Fsp3) is 0.259. The molecule has 1 atom stereocenters. The van der Waals surface area contributed by atoms with Crippen LogP contribution in [0.25, 0.3) is 0 Å². The van der Waals surface area contributed by atoms with Crippen molar-refractivity contribution in [3.8, 4) is 11.5 Å². The van der Waals surface area contributed by atoms with Crippen LogP contribution < -0.4 is 19.1 Å². The molecule has 3 aromatic rings. The van der Waals surface area contributed by atoms with Crippen LogP contribution in [0, 0.1) is 5.82 Å². The van der Waals surface area contributed by atoms with Crippen molar-refractivity contribution in [3.05, 3.63) is 84.2 Å². The summed E-state index contributed by atoms with van der Waals surface area (Å²) in [5.74, 6) is -0.829. The van der Waals surface area contributed by atoms with Crippen molar-refractivity contribution in [3.63, 3.8) is 0 Å². The molecule has 38 heavy (non-hydrogen) atoms. The van der Waals surface area contributed by atoms with E-state index in [1.807, 2.05) is 0 Å². The van der Waals surface area contributed by atoms with E-state index in [2.05, 4.69) is 5.32 Å². The number of hydrogen-bond acceptors (Lipinski definition) is 6. The average molecular weight is 544 g/mol. The van der Waals surface area contributed by atoms with E-state index in [4.69, 9.17) is 9.47 Å². The van der Waals surface area contributed by atoms with Crippen LogP contribution in [0.5, 0.6) is 11.5 Å². The number of para-hydroxylation sites is 2. The molecule has 0 spiro atoms. The first-order valence-electron chi connectivity index (χ1n) is 11.7. The number of methoxy groups -OCH3 is 2. The zero-order chi connectivity index (χ0) is 27.9. The lowest BCUT2D eigenvalue weighted by Gasteiger charge is -2.32. The fourth-order valence-electron chi connectivity index (χ4n) is 3.80. The number of benzene rings is 3. The minimum atomic E-state index is -4.27. The van der Waals surface area contributed by atoms with Gasteiger partial charge in [0.2, 0.25) is 11.8 Å². The number of halogens is 1. The van der Waals surface area contributed by atoms with Crippen LogP contribution in [0.4, 0.5) is 10.1 Å².